The minimum Gasteiger partial charge on any atom is -0.277 e. The molecule has 0 amide bonds. The van der Waals surface area contributed by atoms with Gasteiger partial charge in [0.15, 0.2) is 0 Å². The van der Waals surface area contributed by atoms with Crippen LogP contribution in [0.2, 0.25) is 0 Å². The van der Waals surface area contributed by atoms with E-state index >= 15 is 0 Å². The SMILES string of the molecule is CSn1ccnc1C(C)(C)C. The highest BCUT2D eigenvalue weighted by molar-refractivity contribution is 7.97. The topological polar surface area (TPSA) is 17.8 Å². The highest BCUT2D eigenvalue weighted by Crippen LogP contribution is 2.22. The minimum absolute atomic E-state index is 0.145. The lowest BCUT2D eigenvalue weighted by molar-refractivity contribution is 0.547. The Kier molecular flexibility index (Phi) is 2.28. The van der Waals surface area contributed by atoms with E-state index in [9.17, 15) is 0 Å². The van der Waals surface area contributed by atoms with Gasteiger partial charge < -0.3 is 0 Å². The fraction of sp³-hybridized carbons (Fsp3) is 0.625. The Bertz CT molecular complexity index is 234. The Balaban J connectivity index is 3.02. The molecule has 1 aromatic rings. The summed E-state index contributed by atoms with van der Waals surface area (Å²) in [4.78, 5) is 4.30. The van der Waals surface area contributed by atoms with Crippen molar-refractivity contribution in [3.8, 4) is 0 Å². The van der Waals surface area contributed by atoms with Gasteiger partial charge in [-0.3, -0.25) is 3.97 Å². The average Bonchev–Trinajstić information content (AvgIpc) is 2.31. The highest BCUT2D eigenvalue weighted by Gasteiger charge is 2.18. The molecule has 0 fully saturated rings. The molecule has 62 valence electrons. The van der Waals surface area contributed by atoms with Crippen molar-refractivity contribution in [2.45, 2.75) is 26.2 Å². The van der Waals surface area contributed by atoms with Gasteiger partial charge in [-0.25, -0.2) is 4.98 Å². The third kappa shape index (κ3) is 1.77. The predicted octanol–water partition coefficient (Wildman–Crippen LogP) is 2.31. The first-order chi connectivity index (χ1) is 5.05. The van der Waals surface area contributed by atoms with E-state index in [2.05, 4.69) is 36.0 Å². The third-order valence-corrected chi connectivity index (χ3v) is 2.16. The van der Waals surface area contributed by atoms with Crippen LogP contribution in [0.15, 0.2) is 12.4 Å². The smallest absolute Gasteiger partial charge is 0.124 e. The molecular weight excluding hydrogens is 156 g/mol. The average molecular weight is 170 g/mol. The Labute approximate surface area is 72.2 Å². The molecule has 3 heteroatoms. The molecular formula is C8H14N2S. The van der Waals surface area contributed by atoms with E-state index in [4.69, 9.17) is 0 Å². The minimum atomic E-state index is 0.145. The first-order valence-corrected chi connectivity index (χ1v) is 4.82. The summed E-state index contributed by atoms with van der Waals surface area (Å²) in [6, 6.07) is 0. The van der Waals surface area contributed by atoms with Crippen LogP contribution >= 0.6 is 11.9 Å². The van der Waals surface area contributed by atoms with Gasteiger partial charge in [-0.1, -0.05) is 20.8 Å². The van der Waals surface area contributed by atoms with Crippen LogP contribution in [-0.4, -0.2) is 15.2 Å². The second kappa shape index (κ2) is 2.89. The molecule has 0 aliphatic carbocycles. The number of hydrogen-bond donors (Lipinski definition) is 0. The standard InChI is InChI=1S/C8H14N2S/c1-8(2,3)7-9-5-6-10(7)11-4/h5-6H,1-4H3. The van der Waals surface area contributed by atoms with Crippen molar-refractivity contribution < 1.29 is 0 Å². The summed E-state index contributed by atoms with van der Waals surface area (Å²) in [5.74, 6) is 1.13. The van der Waals surface area contributed by atoms with Gasteiger partial charge in [0, 0.05) is 24.1 Å². The van der Waals surface area contributed by atoms with Crippen molar-refractivity contribution in [1.29, 1.82) is 0 Å². The van der Waals surface area contributed by atoms with Gasteiger partial charge >= 0.3 is 0 Å². The number of nitrogens with zero attached hydrogens (tertiary/aromatic N) is 2. The fourth-order valence-electron chi connectivity index (χ4n) is 0.964. The second-order valence-corrected chi connectivity index (χ2v) is 4.27. The zero-order chi connectivity index (χ0) is 8.48. The van der Waals surface area contributed by atoms with E-state index < -0.39 is 0 Å². The van der Waals surface area contributed by atoms with Crippen molar-refractivity contribution >= 4 is 11.9 Å². The normalized spacial score (nSPS) is 12.0. The molecule has 0 saturated heterocycles. The van der Waals surface area contributed by atoms with Gasteiger partial charge in [-0.05, 0) is 11.9 Å². The molecule has 0 aliphatic rings. The van der Waals surface area contributed by atoms with Crippen LogP contribution in [-0.2, 0) is 5.41 Å². The Hall–Kier alpha value is -0.440. The van der Waals surface area contributed by atoms with Crippen LogP contribution < -0.4 is 0 Å². The summed E-state index contributed by atoms with van der Waals surface area (Å²) in [5, 5.41) is 0. The van der Waals surface area contributed by atoms with Crippen LogP contribution in [0.4, 0.5) is 0 Å². The zero-order valence-corrected chi connectivity index (χ0v) is 8.27. The molecule has 0 aliphatic heterocycles. The lowest BCUT2D eigenvalue weighted by Crippen LogP contribution is -2.16. The maximum Gasteiger partial charge on any atom is 0.124 e. The molecule has 1 heterocycles. The summed E-state index contributed by atoms with van der Waals surface area (Å²) in [6.07, 6.45) is 5.89. The highest BCUT2D eigenvalue weighted by atomic mass is 32.2. The van der Waals surface area contributed by atoms with Gasteiger partial charge in [-0.15, -0.1) is 0 Å². The van der Waals surface area contributed by atoms with E-state index in [1.807, 2.05) is 12.4 Å². The van der Waals surface area contributed by atoms with E-state index in [-0.39, 0.29) is 5.41 Å². The molecule has 1 aromatic heterocycles. The Morgan fingerprint density at radius 1 is 1.45 bits per heavy atom. The summed E-state index contributed by atoms with van der Waals surface area (Å²) >= 11 is 1.68. The molecule has 0 saturated carbocycles. The van der Waals surface area contributed by atoms with Crippen molar-refractivity contribution in [3.05, 3.63) is 18.2 Å². The molecule has 0 atom stereocenters. The molecule has 0 bridgehead atoms. The molecule has 0 N–H and O–H groups in total. The van der Waals surface area contributed by atoms with Crippen molar-refractivity contribution in [3.63, 3.8) is 0 Å². The van der Waals surface area contributed by atoms with Crippen molar-refractivity contribution in [2.24, 2.45) is 0 Å². The Morgan fingerprint density at radius 2 is 2.09 bits per heavy atom. The number of imidazole rings is 1. The van der Waals surface area contributed by atoms with Crippen molar-refractivity contribution in [1.82, 2.24) is 8.96 Å². The summed E-state index contributed by atoms with van der Waals surface area (Å²) < 4.78 is 2.10. The lowest BCUT2D eigenvalue weighted by Gasteiger charge is -2.17. The van der Waals surface area contributed by atoms with E-state index in [1.54, 1.807) is 11.9 Å². The molecule has 2 nitrogen and oxygen atoms in total. The molecule has 0 spiro atoms. The van der Waals surface area contributed by atoms with Gasteiger partial charge in [-0.2, -0.15) is 0 Å². The van der Waals surface area contributed by atoms with Gasteiger partial charge in [0.1, 0.15) is 5.82 Å². The summed E-state index contributed by atoms with van der Waals surface area (Å²) in [5.41, 5.74) is 0.145. The Morgan fingerprint density at radius 3 is 2.45 bits per heavy atom. The van der Waals surface area contributed by atoms with Crippen LogP contribution in [0.1, 0.15) is 26.6 Å². The predicted molar refractivity (Wildman–Crippen MR) is 49.8 cm³/mol. The zero-order valence-electron chi connectivity index (χ0n) is 7.46. The first kappa shape index (κ1) is 8.65. The number of rotatable bonds is 1. The maximum absolute atomic E-state index is 4.30. The number of aromatic nitrogens is 2. The van der Waals surface area contributed by atoms with E-state index in [0.29, 0.717) is 0 Å². The fourth-order valence-corrected chi connectivity index (χ4v) is 1.63. The molecule has 0 unspecified atom stereocenters. The first-order valence-electron chi connectivity index (χ1n) is 3.64. The van der Waals surface area contributed by atoms with Gasteiger partial charge in [0.2, 0.25) is 0 Å². The summed E-state index contributed by atoms with van der Waals surface area (Å²) in [6.45, 7) is 6.51. The maximum atomic E-state index is 4.30. The van der Waals surface area contributed by atoms with Gasteiger partial charge in [0.25, 0.3) is 0 Å². The number of hydrogen-bond acceptors (Lipinski definition) is 2. The largest absolute Gasteiger partial charge is 0.277 e. The lowest BCUT2D eigenvalue weighted by atomic mass is 9.96. The van der Waals surface area contributed by atoms with Crippen molar-refractivity contribution in [2.75, 3.05) is 6.26 Å². The third-order valence-electron chi connectivity index (χ3n) is 1.48. The molecule has 11 heavy (non-hydrogen) atoms. The van der Waals surface area contributed by atoms with Gasteiger partial charge in [0.05, 0.1) is 0 Å². The van der Waals surface area contributed by atoms with Crippen LogP contribution in [0, 0.1) is 0 Å². The quantitative estimate of drug-likeness (QED) is 0.643. The van der Waals surface area contributed by atoms with E-state index in [1.165, 1.54) is 0 Å². The van der Waals surface area contributed by atoms with Crippen LogP contribution in [0.25, 0.3) is 0 Å². The second-order valence-electron chi connectivity index (χ2n) is 3.51. The molecule has 0 aromatic carbocycles. The van der Waals surface area contributed by atoms with Crippen LogP contribution in [0.5, 0.6) is 0 Å². The molecule has 0 radical (unpaired) electrons. The van der Waals surface area contributed by atoms with Crippen LogP contribution in [0.3, 0.4) is 0 Å². The van der Waals surface area contributed by atoms with E-state index in [0.717, 1.165) is 5.82 Å². The monoisotopic (exact) mass is 170 g/mol. The summed E-state index contributed by atoms with van der Waals surface area (Å²) in [7, 11) is 0. The molecule has 1 rings (SSSR count).